The molecule has 1 fully saturated rings. The Balaban J connectivity index is 1.83. The molecule has 108 valence electrons. The highest BCUT2D eigenvalue weighted by Gasteiger charge is 2.25. The molecule has 0 aliphatic carbocycles. The number of likely N-dealkylation sites (tertiary alicyclic amines) is 1. The highest BCUT2D eigenvalue weighted by Crippen LogP contribution is 2.11. The Hall–Kier alpha value is -1.88. The molecule has 5 nitrogen and oxygen atoms in total. The number of benzene rings is 1. The van der Waals surface area contributed by atoms with Gasteiger partial charge in [0.1, 0.15) is 13.2 Å². The van der Waals surface area contributed by atoms with E-state index in [0.717, 1.165) is 18.4 Å². The molecule has 1 aromatic rings. The van der Waals surface area contributed by atoms with E-state index in [0.29, 0.717) is 13.0 Å². The molecular weight excluding hydrogens is 256 g/mol. The van der Waals surface area contributed by atoms with Crippen molar-refractivity contribution in [3.63, 3.8) is 0 Å². The number of hydrogen-bond acceptors (Lipinski definition) is 4. The molecule has 0 radical (unpaired) electrons. The van der Waals surface area contributed by atoms with Crippen molar-refractivity contribution in [3.05, 3.63) is 35.9 Å². The number of nitrogens with two attached hydrogens (primary N) is 1. The summed E-state index contributed by atoms with van der Waals surface area (Å²) in [5.41, 5.74) is 6.70. The maximum absolute atomic E-state index is 11.9. The fourth-order valence-electron chi connectivity index (χ4n) is 2.23. The summed E-state index contributed by atoms with van der Waals surface area (Å²) in [5.74, 6) is -0.546. The van der Waals surface area contributed by atoms with Crippen molar-refractivity contribution < 1.29 is 14.3 Å². The molecule has 1 heterocycles. The Labute approximate surface area is 118 Å². The van der Waals surface area contributed by atoms with E-state index in [1.54, 1.807) is 0 Å². The van der Waals surface area contributed by atoms with Gasteiger partial charge >= 0.3 is 5.97 Å². The summed E-state index contributed by atoms with van der Waals surface area (Å²) in [4.78, 5) is 25.2. The fraction of sp³-hybridized carbons (Fsp3) is 0.467. The lowest BCUT2D eigenvalue weighted by atomic mass is 10.1. The molecule has 1 amide bonds. The molecule has 0 spiro atoms. The average Bonchev–Trinajstić information content (AvgIpc) is 2.62. The average molecular weight is 276 g/mol. The summed E-state index contributed by atoms with van der Waals surface area (Å²) < 4.78 is 5.18. The van der Waals surface area contributed by atoms with Gasteiger partial charge in [-0.25, -0.2) is 0 Å². The minimum absolute atomic E-state index is 0.0145. The van der Waals surface area contributed by atoms with Gasteiger partial charge in [0.15, 0.2) is 0 Å². The standard InChI is InChI=1S/C15H20N2O3/c16-13-8-4-5-9-17(15(13)19)10-14(18)20-11-12-6-2-1-3-7-12/h1-3,6-7,13H,4-5,8-11,16H2/t13-/m0/s1. The summed E-state index contributed by atoms with van der Waals surface area (Å²) in [6, 6.07) is 8.98. The molecular formula is C15H20N2O3. The number of amides is 1. The first kappa shape index (κ1) is 14.5. The fourth-order valence-corrected chi connectivity index (χ4v) is 2.23. The minimum Gasteiger partial charge on any atom is -0.459 e. The topological polar surface area (TPSA) is 72.6 Å². The van der Waals surface area contributed by atoms with Crippen LogP contribution in [0.3, 0.4) is 0 Å². The summed E-state index contributed by atoms with van der Waals surface area (Å²) >= 11 is 0. The van der Waals surface area contributed by atoms with Crippen molar-refractivity contribution in [1.82, 2.24) is 4.90 Å². The molecule has 5 heteroatoms. The van der Waals surface area contributed by atoms with E-state index in [9.17, 15) is 9.59 Å². The van der Waals surface area contributed by atoms with Gasteiger partial charge in [-0.05, 0) is 24.8 Å². The summed E-state index contributed by atoms with van der Waals surface area (Å²) in [5, 5.41) is 0. The van der Waals surface area contributed by atoms with Crippen LogP contribution in [0, 0.1) is 0 Å². The van der Waals surface area contributed by atoms with Crippen molar-refractivity contribution >= 4 is 11.9 Å². The van der Waals surface area contributed by atoms with Gasteiger partial charge in [-0.2, -0.15) is 0 Å². The first-order valence-corrected chi connectivity index (χ1v) is 6.91. The summed E-state index contributed by atoms with van der Waals surface area (Å²) in [6.07, 6.45) is 2.49. The minimum atomic E-state index is -0.487. The third-order valence-electron chi connectivity index (χ3n) is 3.38. The number of hydrogen-bond donors (Lipinski definition) is 1. The molecule has 0 saturated carbocycles. The number of esters is 1. The van der Waals surface area contributed by atoms with Crippen LogP contribution in [0.15, 0.2) is 30.3 Å². The number of carbonyl (C=O) groups excluding carboxylic acids is 2. The van der Waals surface area contributed by atoms with Crippen LogP contribution < -0.4 is 5.73 Å². The Morgan fingerprint density at radius 1 is 1.30 bits per heavy atom. The van der Waals surface area contributed by atoms with Crippen molar-refractivity contribution in [1.29, 1.82) is 0 Å². The van der Waals surface area contributed by atoms with E-state index in [-0.39, 0.29) is 19.1 Å². The number of ether oxygens (including phenoxy) is 1. The Bertz CT molecular complexity index is 461. The summed E-state index contributed by atoms with van der Waals surface area (Å²) in [7, 11) is 0. The molecule has 0 aromatic heterocycles. The normalized spacial score (nSPS) is 19.6. The van der Waals surface area contributed by atoms with Crippen molar-refractivity contribution in [2.45, 2.75) is 31.9 Å². The molecule has 0 unspecified atom stereocenters. The predicted molar refractivity (Wildman–Crippen MR) is 74.6 cm³/mol. The smallest absolute Gasteiger partial charge is 0.325 e. The first-order chi connectivity index (χ1) is 9.66. The van der Waals surface area contributed by atoms with E-state index >= 15 is 0 Å². The SMILES string of the molecule is N[C@H]1CCCCN(CC(=O)OCc2ccccc2)C1=O. The van der Waals surface area contributed by atoms with Crippen LogP contribution in [0.1, 0.15) is 24.8 Å². The number of rotatable bonds is 4. The van der Waals surface area contributed by atoms with Crippen LogP contribution in [-0.4, -0.2) is 35.9 Å². The molecule has 20 heavy (non-hydrogen) atoms. The van der Waals surface area contributed by atoms with Gasteiger partial charge in [0.2, 0.25) is 5.91 Å². The molecule has 1 aromatic carbocycles. The van der Waals surface area contributed by atoms with Gasteiger partial charge in [-0.15, -0.1) is 0 Å². The monoisotopic (exact) mass is 276 g/mol. The van der Waals surface area contributed by atoms with Gasteiger partial charge in [-0.3, -0.25) is 9.59 Å². The molecule has 1 aliphatic heterocycles. The third-order valence-corrected chi connectivity index (χ3v) is 3.38. The second-order valence-electron chi connectivity index (χ2n) is 5.01. The Kier molecular flexibility index (Phi) is 5.12. The second kappa shape index (κ2) is 7.05. The van der Waals surface area contributed by atoms with Crippen LogP contribution in [-0.2, 0) is 20.9 Å². The number of carbonyl (C=O) groups is 2. The van der Waals surface area contributed by atoms with Crippen molar-refractivity contribution in [3.8, 4) is 0 Å². The highest BCUT2D eigenvalue weighted by atomic mass is 16.5. The molecule has 1 aliphatic rings. The molecule has 1 atom stereocenters. The van der Waals surface area contributed by atoms with Gasteiger partial charge in [-0.1, -0.05) is 30.3 Å². The van der Waals surface area contributed by atoms with E-state index in [4.69, 9.17) is 10.5 Å². The van der Waals surface area contributed by atoms with Crippen LogP contribution in [0.25, 0.3) is 0 Å². The lowest BCUT2D eigenvalue weighted by Crippen LogP contribution is -2.44. The van der Waals surface area contributed by atoms with Crippen molar-refractivity contribution in [2.75, 3.05) is 13.1 Å². The van der Waals surface area contributed by atoms with Crippen LogP contribution in [0.4, 0.5) is 0 Å². The zero-order valence-corrected chi connectivity index (χ0v) is 11.5. The zero-order valence-electron chi connectivity index (χ0n) is 11.5. The Morgan fingerprint density at radius 3 is 2.80 bits per heavy atom. The Morgan fingerprint density at radius 2 is 2.05 bits per heavy atom. The van der Waals surface area contributed by atoms with Crippen molar-refractivity contribution in [2.24, 2.45) is 5.73 Å². The zero-order chi connectivity index (χ0) is 14.4. The first-order valence-electron chi connectivity index (χ1n) is 6.91. The summed E-state index contributed by atoms with van der Waals surface area (Å²) in [6.45, 7) is 0.792. The third kappa shape index (κ3) is 4.06. The van der Waals surface area contributed by atoms with Crippen LogP contribution in [0.5, 0.6) is 0 Å². The number of nitrogens with zero attached hydrogens (tertiary/aromatic N) is 1. The highest BCUT2D eigenvalue weighted by molar-refractivity contribution is 5.85. The molecule has 1 saturated heterocycles. The molecule has 2 N–H and O–H groups in total. The van der Waals surface area contributed by atoms with Crippen LogP contribution in [0.2, 0.25) is 0 Å². The second-order valence-corrected chi connectivity index (χ2v) is 5.01. The van der Waals surface area contributed by atoms with Gasteiger partial charge < -0.3 is 15.4 Å². The van der Waals surface area contributed by atoms with Gasteiger partial charge in [0.05, 0.1) is 6.04 Å². The maximum Gasteiger partial charge on any atom is 0.325 e. The van der Waals surface area contributed by atoms with E-state index in [1.807, 2.05) is 30.3 Å². The van der Waals surface area contributed by atoms with Crippen LogP contribution >= 0.6 is 0 Å². The van der Waals surface area contributed by atoms with Gasteiger partial charge in [0.25, 0.3) is 0 Å². The van der Waals surface area contributed by atoms with E-state index in [2.05, 4.69) is 0 Å². The quantitative estimate of drug-likeness (QED) is 0.835. The molecule has 2 rings (SSSR count). The molecule has 0 bridgehead atoms. The van der Waals surface area contributed by atoms with E-state index < -0.39 is 12.0 Å². The lowest BCUT2D eigenvalue weighted by molar-refractivity contribution is -0.150. The largest absolute Gasteiger partial charge is 0.459 e. The lowest BCUT2D eigenvalue weighted by Gasteiger charge is -2.21. The maximum atomic E-state index is 11.9. The predicted octanol–water partition coefficient (Wildman–Crippen LogP) is 1.07. The van der Waals surface area contributed by atoms with E-state index in [1.165, 1.54) is 4.90 Å². The van der Waals surface area contributed by atoms with Gasteiger partial charge in [0, 0.05) is 6.54 Å².